The summed E-state index contributed by atoms with van der Waals surface area (Å²) in [6.45, 7) is 6.78. The predicted molar refractivity (Wildman–Crippen MR) is 96.9 cm³/mol. The molecule has 136 valence electrons. The van der Waals surface area contributed by atoms with E-state index in [-0.39, 0.29) is 17.9 Å². The molecule has 0 radical (unpaired) electrons. The van der Waals surface area contributed by atoms with Crippen molar-refractivity contribution in [3.05, 3.63) is 23.8 Å². The highest BCUT2D eigenvalue weighted by molar-refractivity contribution is 5.82. The Kier molecular flexibility index (Phi) is 5.46. The van der Waals surface area contributed by atoms with E-state index in [2.05, 4.69) is 16.3 Å². The summed E-state index contributed by atoms with van der Waals surface area (Å²) in [5, 5.41) is 2.94. The molecule has 2 heterocycles. The van der Waals surface area contributed by atoms with Crippen LogP contribution in [0.2, 0.25) is 0 Å². The van der Waals surface area contributed by atoms with Crippen molar-refractivity contribution in [2.75, 3.05) is 37.7 Å². The van der Waals surface area contributed by atoms with Gasteiger partial charge in [-0.25, -0.2) is 0 Å². The van der Waals surface area contributed by atoms with Gasteiger partial charge in [-0.2, -0.15) is 0 Å². The zero-order valence-electron chi connectivity index (χ0n) is 15.1. The van der Waals surface area contributed by atoms with Gasteiger partial charge in [0.2, 0.25) is 11.8 Å². The lowest BCUT2D eigenvalue weighted by molar-refractivity contribution is -0.132. The fourth-order valence-corrected chi connectivity index (χ4v) is 3.59. The number of fused-ring (bicyclic) bond motifs is 1. The number of rotatable bonds is 3. The van der Waals surface area contributed by atoms with E-state index in [0.29, 0.717) is 19.7 Å². The lowest BCUT2D eigenvalue weighted by Gasteiger charge is -2.34. The van der Waals surface area contributed by atoms with Gasteiger partial charge in [-0.05, 0) is 43.9 Å². The fraction of sp³-hybridized carbons (Fsp3) is 0.579. The van der Waals surface area contributed by atoms with Crippen molar-refractivity contribution in [3.8, 4) is 5.75 Å². The minimum atomic E-state index is -0.0339. The molecule has 6 heteroatoms. The van der Waals surface area contributed by atoms with E-state index in [0.717, 1.165) is 49.4 Å². The normalized spacial score (nSPS) is 20.3. The van der Waals surface area contributed by atoms with Gasteiger partial charge in [0.15, 0.2) is 0 Å². The maximum Gasteiger partial charge on any atom is 0.242 e. The number of nitrogens with one attached hydrogen (secondary N) is 1. The molecule has 1 unspecified atom stereocenters. The quantitative estimate of drug-likeness (QED) is 0.906. The number of ether oxygens (including phenoxy) is 1. The zero-order chi connectivity index (χ0) is 17.8. The minimum absolute atomic E-state index is 0.0339. The molecular formula is C19H27N3O3. The van der Waals surface area contributed by atoms with Gasteiger partial charge in [0.05, 0.1) is 18.8 Å². The Hall–Kier alpha value is -2.24. The fourth-order valence-electron chi connectivity index (χ4n) is 3.59. The molecule has 2 amide bonds. The van der Waals surface area contributed by atoms with Gasteiger partial charge in [-0.3, -0.25) is 9.59 Å². The average molecular weight is 345 g/mol. The summed E-state index contributed by atoms with van der Waals surface area (Å²) >= 11 is 0. The molecule has 2 aliphatic rings. The van der Waals surface area contributed by atoms with E-state index >= 15 is 0 Å². The third-order valence-corrected chi connectivity index (χ3v) is 4.79. The number of benzene rings is 1. The van der Waals surface area contributed by atoms with Crippen LogP contribution in [0.1, 0.15) is 31.7 Å². The summed E-state index contributed by atoms with van der Waals surface area (Å²) in [7, 11) is 0. The highest BCUT2D eigenvalue weighted by Gasteiger charge is 2.26. The van der Waals surface area contributed by atoms with Crippen LogP contribution >= 0.6 is 0 Å². The molecule has 0 aliphatic carbocycles. The number of likely N-dealkylation sites (tertiary alicyclic amines) is 1. The molecule has 6 nitrogen and oxygen atoms in total. The van der Waals surface area contributed by atoms with Crippen molar-refractivity contribution in [2.45, 2.75) is 39.2 Å². The van der Waals surface area contributed by atoms with Crippen molar-refractivity contribution >= 4 is 17.5 Å². The first-order chi connectivity index (χ1) is 12.0. The third-order valence-electron chi connectivity index (χ3n) is 4.79. The third kappa shape index (κ3) is 4.44. The molecule has 2 aliphatic heterocycles. The van der Waals surface area contributed by atoms with Crippen LogP contribution in [0.15, 0.2) is 18.2 Å². The molecule has 0 aromatic heterocycles. The first-order valence-electron chi connectivity index (χ1n) is 9.06. The Morgan fingerprint density at radius 1 is 1.28 bits per heavy atom. The van der Waals surface area contributed by atoms with Crippen LogP contribution in [-0.2, 0) is 9.59 Å². The largest absolute Gasteiger partial charge is 0.491 e. The molecule has 1 fully saturated rings. The Balaban J connectivity index is 1.68. The second-order valence-corrected chi connectivity index (χ2v) is 6.97. The van der Waals surface area contributed by atoms with Crippen molar-refractivity contribution in [1.29, 1.82) is 0 Å². The molecule has 1 saturated heterocycles. The van der Waals surface area contributed by atoms with E-state index < -0.39 is 0 Å². The molecule has 0 bridgehead atoms. The number of carbonyl (C=O) groups is 2. The van der Waals surface area contributed by atoms with E-state index in [4.69, 9.17) is 4.74 Å². The maximum absolute atomic E-state index is 12.8. The summed E-state index contributed by atoms with van der Waals surface area (Å²) in [5.74, 6) is 0.934. The van der Waals surface area contributed by atoms with E-state index in [1.807, 2.05) is 24.0 Å². The molecule has 0 saturated carbocycles. The highest BCUT2D eigenvalue weighted by Crippen LogP contribution is 2.31. The lowest BCUT2D eigenvalue weighted by atomic mass is 10.1. The van der Waals surface area contributed by atoms with Crippen molar-refractivity contribution in [1.82, 2.24) is 10.2 Å². The molecule has 25 heavy (non-hydrogen) atoms. The van der Waals surface area contributed by atoms with Gasteiger partial charge < -0.3 is 19.9 Å². The summed E-state index contributed by atoms with van der Waals surface area (Å²) in [4.78, 5) is 28.1. The van der Waals surface area contributed by atoms with Crippen LogP contribution < -0.4 is 15.0 Å². The molecule has 0 spiro atoms. The molecule has 1 aromatic rings. The number of aryl methyl sites for hydroxylation is 1. The monoisotopic (exact) mass is 345 g/mol. The highest BCUT2D eigenvalue weighted by atomic mass is 16.5. The Morgan fingerprint density at radius 2 is 2.12 bits per heavy atom. The summed E-state index contributed by atoms with van der Waals surface area (Å²) < 4.78 is 5.81. The number of piperidine rings is 1. The summed E-state index contributed by atoms with van der Waals surface area (Å²) in [5.41, 5.74) is 2.16. The summed E-state index contributed by atoms with van der Waals surface area (Å²) in [6.07, 6.45) is 2.76. The van der Waals surface area contributed by atoms with Crippen LogP contribution in [0.5, 0.6) is 5.75 Å². The van der Waals surface area contributed by atoms with Gasteiger partial charge in [-0.15, -0.1) is 0 Å². The van der Waals surface area contributed by atoms with Crippen LogP contribution in [0.4, 0.5) is 5.69 Å². The first-order valence-corrected chi connectivity index (χ1v) is 9.06. The number of hydrogen-bond acceptors (Lipinski definition) is 4. The maximum atomic E-state index is 12.8. The lowest BCUT2D eigenvalue weighted by Crippen LogP contribution is -2.51. The standard InChI is InChI=1S/C19H27N3O3/c1-14-6-7-18-17(11-14)21(9-4-10-25-18)13-19(24)22-8-3-5-16(12-22)20-15(2)23/h6-7,11,16H,3-5,8-10,12-13H2,1-2H3,(H,20,23). The van der Waals surface area contributed by atoms with Gasteiger partial charge >= 0.3 is 0 Å². The molecule has 1 aromatic carbocycles. The number of carbonyl (C=O) groups excluding carboxylic acids is 2. The topological polar surface area (TPSA) is 61.9 Å². The van der Waals surface area contributed by atoms with Gasteiger partial charge in [-0.1, -0.05) is 6.07 Å². The van der Waals surface area contributed by atoms with Gasteiger partial charge in [0.1, 0.15) is 5.75 Å². The number of nitrogens with zero attached hydrogens (tertiary/aromatic N) is 2. The second-order valence-electron chi connectivity index (χ2n) is 6.97. The number of amides is 2. The average Bonchev–Trinajstić information content (AvgIpc) is 2.77. The smallest absolute Gasteiger partial charge is 0.242 e. The van der Waals surface area contributed by atoms with Crippen molar-refractivity contribution in [3.63, 3.8) is 0 Å². The molecule has 3 rings (SSSR count). The second kappa shape index (κ2) is 7.76. The molecular weight excluding hydrogens is 318 g/mol. The molecule has 1 N–H and O–H groups in total. The van der Waals surface area contributed by atoms with E-state index in [1.165, 1.54) is 6.92 Å². The number of anilines is 1. The Bertz CT molecular complexity index is 647. The minimum Gasteiger partial charge on any atom is -0.491 e. The van der Waals surface area contributed by atoms with Crippen molar-refractivity contribution in [2.24, 2.45) is 0 Å². The van der Waals surface area contributed by atoms with Gasteiger partial charge in [0, 0.05) is 32.6 Å². The Morgan fingerprint density at radius 3 is 2.92 bits per heavy atom. The Labute approximate surface area is 149 Å². The van der Waals surface area contributed by atoms with Crippen LogP contribution in [0.3, 0.4) is 0 Å². The molecule has 1 atom stereocenters. The van der Waals surface area contributed by atoms with E-state index in [1.54, 1.807) is 0 Å². The SMILES string of the molecule is CC(=O)NC1CCCN(C(=O)CN2CCCOc3ccc(C)cc32)C1. The van der Waals surface area contributed by atoms with Crippen LogP contribution in [0.25, 0.3) is 0 Å². The predicted octanol–water partition coefficient (Wildman–Crippen LogP) is 1.71. The summed E-state index contributed by atoms with van der Waals surface area (Å²) in [6, 6.07) is 6.18. The van der Waals surface area contributed by atoms with E-state index in [9.17, 15) is 9.59 Å². The zero-order valence-corrected chi connectivity index (χ0v) is 15.1. The van der Waals surface area contributed by atoms with Crippen LogP contribution in [-0.4, -0.2) is 55.5 Å². The van der Waals surface area contributed by atoms with Gasteiger partial charge in [0.25, 0.3) is 0 Å². The van der Waals surface area contributed by atoms with Crippen molar-refractivity contribution < 1.29 is 14.3 Å². The number of hydrogen-bond donors (Lipinski definition) is 1. The van der Waals surface area contributed by atoms with Crippen LogP contribution in [0, 0.1) is 6.92 Å². The first kappa shape index (κ1) is 17.6.